The van der Waals surface area contributed by atoms with E-state index in [-0.39, 0.29) is 23.6 Å². The monoisotopic (exact) mass is 368 g/mol. The topological polar surface area (TPSA) is 64.4 Å². The third-order valence-electron chi connectivity index (χ3n) is 5.98. The van der Waals surface area contributed by atoms with Gasteiger partial charge in [-0.3, -0.25) is 4.79 Å². The molecule has 0 aliphatic heterocycles. The maximum atomic E-state index is 14.5. The van der Waals surface area contributed by atoms with Gasteiger partial charge in [0.2, 0.25) is 5.91 Å². The molecule has 27 heavy (non-hydrogen) atoms. The van der Waals surface area contributed by atoms with Crippen LogP contribution < -0.4 is 15.8 Å². The largest absolute Gasteiger partial charge is 0.455 e. The predicted octanol–water partition coefficient (Wildman–Crippen LogP) is 4.71. The second kappa shape index (κ2) is 7.69. The number of nitrogens with two attached hydrogens (primary N) is 1. The van der Waals surface area contributed by atoms with E-state index < -0.39 is 5.82 Å². The van der Waals surface area contributed by atoms with Crippen molar-refractivity contribution in [2.45, 2.75) is 38.1 Å². The number of carbonyl (C=O) groups excluding carboxylic acids is 1. The number of para-hydroxylation sites is 2. The number of rotatable bonds is 4. The highest BCUT2D eigenvalue weighted by atomic mass is 19.1. The normalized spacial score (nSPS) is 27.0. The van der Waals surface area contributed by atoms with Crippen molar-refractivity contribution in [2.75, 3.05) is 5.32 Å². The Labute approximate surface area is 158 Å². The van der Waals surface area contributed by atoms with Crippen molar-refractivity contribution in [1.82, 2.24) is 0 Å². The molecule has 2 aliphatic rings. The van der Waals surface area contributed by atoms with Crippen LogP contribution in [0, 0.1) is 23.6 Å². The number of anilines is 1. The second-order valence-electron chi connectivity index (χ2n) is 7.71. The van der Waals surface area contributed by atoms with Gasteiger partial charge in [-0.1, -0.05) is 30.7 Å². The molecule has 2 saturated carbocycles. The Bertz CT molecular complexity index is 797. The number of hydrogen-bond acceptors (Lipinski definition) is 3. The van der Waals surface area contributed by atoms with Crippen LogP contribution in [0.4, 0.5) is 10.1 Å². The van der Waals surface area contributed by atoms with E-state index in [2.05, 4.69) is 5.32 Å². The smallest absolute Gasteiger partial charge is 0.227 e. The summed E-state index contributed by atoms with van der Waals surface area (Å²) in [5, 5.41) is 2.79. The zero-order chi connectivity index (χ0) is 18.8. The third-order valence-corrected chi connectivity index (χ3v) is 5.98. The SMILES string of the molecule is NC1C2CCCC1CC(C(=O)Nc1c(F)cccc1Oc1ccccc1)C2. The van der Waals surface area contributed by atoms with Gasteiger partial charge < -0.3 is 15.8 Å². The summed E-state index contributed by atoms with van der Waals surface area (Å²) in [7, 11) is 0. The predicted molar refractivity (Wildman–Crippen MR) is 103 cm³/mol. The highest BCUT2D eigenvalue weighted by molar-refractivity contribution is 5.94. The second-order valence-corrected chi connectivity index (χ2v) is 7.71. The van der Waals surface area contributed by atoms with E-state index in [1.165, 1.54) is 12.5 Å². The van der Waals surface area contributed by atoms with Gasteiger partial charge in [-0.15, -0.1) is 0 Å². The molecule has 5 heteroatoms. The first kappa shape index (κ1) is 18.0. The minimum absolute atomic E-state index is 0.103. The molecule has 2 unspecified atom stereocenters. The zero-order valence-corrected chi connectivity index (χ0v) is 15.2. The Hall–Kier alpha value is -2.40. The Kier molecular flexibility index (Phi) is 5.12. The molecule has 4 rings (SSSR count). The van der Waals surface area contributed by atoms with Crippen LogP contribution in [0.5, 0.6) is 11.5 Å². The van der Waals surface area contributed by atoms with E-state index in [1.54, 1.807) is 24.3 Å². The lowest BCUT2D eigenvalue weighted by Crippen LogP contribution is -2.48. The first-order chi connectivity index (χ1) is 13.1. The van der Waals surface area contributed by atoms with Gasteiger partial charge in [0.1, 0.15) is 11.4 Å². The fourth-order valence-electron chi connectivity index (χ4n) is 4.55. The van der Waals surface area contributed by atoms with E-state index in [0.29, 0.717) is 23.3 Å². The molecule has 0 saturated heterocycles. The number of hydrogen-bond donors (Lipinski definition) is 2. The van der Waals surface area contributed by atoms with Crippen LogP contribution in [0.1, 0.15) is 32.1 Å². The summed E-state index contributed by atoms with van der Waals surface area (Å²) >= 11 is 0. The van der Waals surface area contributed by atoms with Gasteiger partial charge in [0, 0.05) is 12.0 Å². The molecule has 0 aromatic heterocycles. The highest BCUT2D eigenvalue weighted by Crippen LogP contribution is 2.42. The number of benzene rings is 2. The molecule has 2 aromatic rings. The van der Waals surface area contributed by atoms with Crippen molar-refractivity contribution in [1.29, 1.82) is 0 Å². The van der Waals surface area contributed by atoms with Gasteiger partial charge in [0.15, 0.2) is 11.6 Å². The van der Waals surface area contributed by atoms with Crippen LogP contribution in [-0.4, -0.2) is 11.9 Å². The van der Waals surface area contributed by atoms with Gasteiger partial charge >= 0.3 is 0 Å². The molecular weight excluding hydrogens is 343 g/mol. The summed E-state index contributed by atoms with van der Waals surface area (Å²) in [6.07, 6.45) is 4.94. The molecule has 0 spiro atoms. The van der Waals surface area contributed by atoms with E-state index in [1.807, 2.05) is 18.2 Å². The molecule has 2 atom stereocenters. The highest BCUT2D eigenvalue weighted by Gasteiger charge is 2.40. The maximum absolute atomic E-state index is 14.5. The molecule has 4 nitrogen and oxygen atoms in total. The number of ether oxygens (including phenoxy) is 1. The average Bonchev–Trinajstić information content (AvgIpc) is 2.65. The molecule has 3 N–H and O–H groups in total. The zero-order valence-electron chi connectivity index (χ0n) is 15.2. The summed E-state index contributed by atoms with van der Waals surface area (Å²) in [6, 6.07) is 13.9. The van der Waals surface area contributed by atoms with Gasteiger partial charge in [-0.05, 0) is 61.8 Å². The summed E-state index contributed by atoms with van der Waals surface area (Å²) in [5.41, 5.74) is 6.42. The Morgan fingerprint density at radius 2 is 1.74 bits per heavy atom. The minimum Gasteiger partial charge on any atom is -0.455 e. The number of carbonyl (C=O) groups is 1. The molecule has 2 aromatic carbocycles. The Morgan fingerprint density at radius 3 is 2.44 bits per heavy atom. The number of fused-ring (bicyclic) bond motifs is 2. The quantitative estimate of drug-likeness (QED) is 0.821. The molecule has 1 amide bonds. The lowest BCUT2D eigenvalue weighted by atomic mass is 9.65. The fraction of sp³-hybridized carbons (Fsp3) is 0.409. The van der Waals surface area contributed by atoms with Crippen LogP contribution >= 0.6 is 0 Å². The molecule has 2 bridgehead atoms. The van der Waals surface area contributed by atoms with E-state index in [0.717, 1.165) is 25.7 Å². The van der Waals surface area contributed by atoms with Crippen LogP contribution in [-0.2, 0) is 4.79 Å². The van der Waals surface area contributed by atoms with Crippen LogP contribution in [0.2, 0.25) is 0 Å². The van der Waals surface area contributed by atoms with Crippen LogP contribution in [0.15, 0.2) is 48.5 Å². The van der Waals surface area contributed by atoms with Gasteiger partial charge in [0.25, 0.3) is 0 Å². The van der Waals surface area contributed by atoms with Crippen LogP contribution in [0.25, 0.3) is 0 Å². The standard InChI is InChI=1S/C22H25FN2O2/c23-18-10-5-11-19(27-17-8-2-1-3-9-17)21(18)25-22(26)16-12-14-6-4-7-15(13-16)20(14)24/h1-3,5,8-11,14-16,20H,4,6-7,12-13,24H2,(H,25,26). The summed E-state index contributed by atoms with van der Waals surface area (Å²) in [6.45, 7) is 0. The average molecular weight is 368 g/mol. The van der Waals surface area contributed by atoms with Crippen molar-refractivity contribution in [2.24, 2.45) is 23.5 Å². The van der Waals surface area contributed by atoms with Crippen molar-refractivity contribution < 1.29 is 13.9 Å². The molecule has 0 radical (unpaired) electrons. The first-order valence-corrected chi connectivity index (χ1v) is 9.69. The molecule has 142 valence electrons. The number of halogens is 1. The number of amides is 1. The lowest BCUT2D eigenvalue weighted by Gasteiger charge is -2.43. The van der Waals surface area contributed by atoms with Crippen molar-refractivity contribution in [3.8, 4) is 11.5 Å². The molecule has 0 heterocycles. The Balaban J connectivity index is 1.51. The van der Waals surface area contributed by atoms with Gasteiger partial charge in [-0.2, -0.15) is 0 Å². The minimum atomic E-state index is -0.496. The summed E-state index contributed by atoms with van der Waals surface area (Å²) < 4.78 is 20.3. The van der Waals surface area contributed by atoms with Crippen molar-refractivity contribution in [3.63, 3.8) is 0 Å². The number of nitrogens with one attached hydrogen (secondary N) is 1. The molecule has 2 aliphatic carbocycles. The van der Waals surface area contributed by atoms with Gasteiger partial charge in [-0.25, -0.2) is 4.39 Å². The van der Waals surface area contributed by atoms with E-state index in [4.69, 9.17) is 10.5 Å². The van der Waals surface area contributed by atoms with Crippen molar-refractivity contribution >= 4 is 11.6 Å². The maximum Gasteiger partial charge on any atom is 0.227 e. The van der Waals surface area contributed by atoms with E-state index >= 15 is 0 Å². The first-order valence-electron chi connectivity index (χ1n) is 9.69. The molecule has 2 fully saturated rings. The summed E-state index contributed by atoms with van der Waals surface area (Å²) in [4.78, 5) is 12.9. The molecular formula is C22H25FN2O2. The summed E-state index contributed by atoms with van der Waals surface area (Å²) in [5.74, 6) is 0.942. The van der Waals surface area contributed by atoms with E-state index in [9.17, 15) is 9.18 Å². The third kappa shape index (κ3) is 3.83. The van der Waals surface area contributed by atoms with Gasteiger partial charge in [0.05, 0.1) is 0 Å². The van der Waals surface area contributed by atoms with Crippen LogP contribution in [0.3, 0.4) is 0 Å². The van der Waals surface area contributed by atoms with Crippen molar-refractivity contribution in [3.05, 3.63) is 54.3 Å². The fourth-order valence-corrected chi connectivity index (χ4v) is 4.55. The lowest BCUT2D eigenvalue weighted by molar-refractivity contribution is -0.122. The Morgan fingerprint density at radius 1 is 1.04 bits per heavy atom.